The number of hydrogen-bond donors (Lipinski definition) is 0. The number of halogens is 1. The van der Waals surface area contributed by atoms with Crippen molar-refractivity contribution in [3.8, 4) is 17.3 Å². The topological polar surface area (TPSA) is 95.3 Å². The molecule has 0 unspecified atom stereocenters. The SMILES string of the molecule is CO[C@H]1CCN(C(=O)c2ccc(-c3nc4c(OC5(C)CC5)ncnc4n3Cc3cc(C)ccn3)c(Cl)c2)C1. The molecule has 10 heteroatoms. The highest BCUT2D eigenvalue weighted by molar-refractivity contribution is 6.33. The van der Waals surface area contributed by atoms with E-state index in [4.69, 9.17) is 26.1 Å². The molecule has 4 heterocycles. The summed E-state index contributed by atoms with van der Waals surface area (Å²) >= 11 is 6.82. The number of imidazole rings is 1. The Kier molecular flexibility index (Phi) is 6.28. The van der Waals surface area contributed by atoms with Crippen LogP contribution in [0.25, 0.3) is 22.6 Å². The minimum absolute atomic E-state index is 0.0605. The van der Waals surface area contributed by atoms with Gasteiger partial charge in [-0.15, -0.1) is 0 Å². The smallest absolute Gasteiger partial charge is 0.253 e. The number of hydrogen-bond acceptors (Lipinski definition) is 7. The molecule has 0 spiro atoms. The van der Waals surface area contributed by atoms with E-state index in [2.05, 4.69) is 21.9 Å². The van der Waals surface area contributed by atoms with Crippen LogP contribution in [0.5, 0.6) is 5.88 Å². The maximum absolute atomic E-state index is 13.1. The van der Waals surface area contributed by atoms with E-state index in [1.807, 2.05) is 29.7 Å². The Hall–Kier alpha value is -3.56. The van der Waals surface area contributed by atoms with Crippen molar-refractivity contribution in [1.82, 2.24) is 29.4 Å². The molecule has 1 saturated carbocycles. The highest BCUT2D eigenvalue weighted by atomic mass is 35.5. The third-order valence-corrected chi connectivity index (χ3v) is 7.62. The first-order chi connectivity index (χ1) is 18.3. The number of aryl methyl sites for hydroxylation is 1. The van der Waals surface area contributed by atoms with Crippen LogP contribution in [0.2, 0.25) is 5.02 Å². The summed E-state index contributed by atoms with van der Waals surface area (Å²) in [5.74, 6) is 1.01. The fourth-order valence-corrected chi connectivity index (χ4v) is 5.09. The summed E-state index contributed by atoms with van der Waals surface area (Å²) in [6, 6.07) is 9.35. The Morgan fingerprint density at radius 2 is 2.03 bits per heavy atom. The Labute approximate surface area is 225 Å². The molecular formula is C28H29ClN6O3. The van der Waals surface area contributed by atoms with Gasteiger partial charge in [0.05, 0.1) is 23.4 Å². The summed E-state index contributed by atoms with van der Waals surface area (Å²) in [6.45, 7) is 5.77. The van der Waals surface area contributed by atoms with Gasteiger partial charge in [0.2, 0.25) is 5.88 Å². The second-order valence-electron chi connectivity index (χ2n) is 10.3. The molecule has 1 aliphatic carbocycles. The summed E-state index contributed by atoms with van der Waals surface area (Å²) in [5, 5.41) is 0.427. The minimum Gasteiger partial charge on any atom is -0.470 e. The summed E-state index contributed by atoms with van der Waals surface area (Å²) in [7, 11) is 1.68. The third-order valence-electron chi connectivity index (χ3n) is 7.31. The van der Waals surface area contributed by atoms with Gasteiger partial charge in [0.15, 0.2) is 11.2 Å². The molecule has 2 aliphatic rings. The van der Waals surface area contributed by atoms with Gasteiger partial charge >= 0.3 is 0 Å². The van der Waals surface area contributed by atoms with Crippen LogP contribution in [-0.2, 0) is 11.3 Å². The molecule has 3 aromatic heterocycles. The number of aromatic nitrogens is 5. The molecule has 0 bridgehead atoms. The van der Waals surface area contributed by atoms with Gasteiger partial charge in [-0.25, -0.2) is 9.97 Å². The van der Waals surface area contributed by atoms with E-state index >= 15 is 0 Å². The summed E-state index contributed by atoms with van der Waals surface area (Å²) in [5.41, 5.74) is 4.18. The number of ether oxygens (including phenoxy) is 2. The lowest BCUT2D eigenvalue weighted by atomic mass is 10.1. The number of fused-ring (bicyclic) bond motifs is 1. The van der Waals surface area contributed by atoms with Gasteiger partial charge in [-0.2, -0.15) is 4.98 Å². The van der Waals surface area contributed by atoms with E-state index in [1.54, 1.807) is 30.3 Å². The number of carbonyl (C=O) groups excluding carboxylic acids is 1. The van der Waals surface area contributed by atoms with Crippen LogP contribution < -0.4 is 4.74 Å². The van der Waals surface area contributed by atoms with Gasteiger partial charge in [0.25, 0.3) is 5.91 Å². The number of carbonyl (C=O) groups is 1. The van der Waals surface area contributed by atoms with Crippen LogP contribution in [0.4, 0.5) is 0 Å². The van der Waals surface area contributed by atoms with Crippen LogP contribution >= 0.6 is 11.6 Å². The standard InChI is InChI=1S/C28H29ClN6O3/c1-17-6-10-30-19(12-17)14-35-24(33-23-25(35)31-16-32-26(23)38-28(2)8-9-28)21-5-4-18(13-22(21)29)27(36)34-11-7-20(15-34)37-3/h4-6,10,12-13,16,20H,7-9,11,14-15H2,1-3H3/t20-/m0/s1. The second-order valence-corrected chi connectivity index (χ2v) is 10.7. The van der Waals surface area contributed by atoms with Gasteiger partial charge in [0.1, 0.15) is 17.8 Å². The maximum Gasteiger partial charge on any atom is 0.253 e. The number of likely N-dealkylation sites (tertiary alicyclic amines) is 1. The van der Waals surface area contributed by atoms with Crippen molar-refractivity contribution >= 4 is 28.7 Å². The molecule has 6 rings (SSSR count). The molecule has 196 valence electrons. The molecule has 38 heavy (non-hydrogen) atoms. The first-order valence-corrected chi connectivity index (χ1v) is 13.1. The Bertz CT molecular complexity index is 1530. The number of rotatable bonds is 7. The fourth-order valence-electron chi connectivity index (χ4n) is 4.82. The molecule has 0 radical (unpaired) electrons. The zero-order valence-corrected chi connectivity index (χ0v) is 22.4. The van der Waals surface area contributed by atoms with Crippen LogP contribution in [0.1, 0.15) is 47.8 Å². The van der Waals surface area contributed by atoms with E-state index in [9.17, 15) is 4.79 Å². The van der Waals surface area contributed by atoms with Crippen molar-refractivity contribution in [2.75, 3.05) is 20.2 Å². The van der Waals surface area contributed by atoms with Crippen LogP contribution in [0, 0.1) is 6.92 Å². The molecular weight excluding hydrogens is 504 g/mol. The van der Waals surface area contributed by atoms with E-state index in [0.29, 0.717) is 58.7 Å². The monoisotopic (exact) mass is 532 g/mol. The lowest BCUT2D eigenvalue weighted by Gasteiger charge is -2.17. The number of methoxy groups -OCH3 is 1. The minimum atomic E-state index is -0.222. The lowest BCUT2D eigenvalue weighted by Crippen LogP contribution is -2.29. The van der Waals surface area contributed by atoms with Gasteiger partial charge in [-0.3, -0.25) is 9.78 Å². The highest BCUT2D eigenvalue weighted by Gasteiger charge is 2.41. The van der Waals surface area contributed by atoms with Crippen molar-refractivity contribution in [1.29, 1.82) is 0 Å². The number of benzene rings is 1. The quantitative estimate of drug-likeness (QED) is 0.340. The van der Waals surface area contributed by atoms with Gasteiger partial charge < -0.3 is 18.9 Å². The first kappa shape index (κ1) is 24.8. The third kappa shape index (κ3) is 4.72. The zero-order valence-electron chi connectivity index (χ0n) is 21.6. The summed E-state index contributed by atoms with van der Waals surface area (Å²) < 4.78 is 13.6. The number of pyridine rings is 1. The average molecular weight is 533 g/mol. The average Bonchev–Trinajstić information content (AvgIpc) is 3.28. The van der Waals surface area contributed by atoms with Crippen molar-refractivity contribution in [2.45, 2.75) is 51.4 Å². The first-order valence-electron chi connectivity index (χ1n) is 12.8. The van der Waals surface area contributed by atoms with Crippen LogP contribution in [-0.4, -0.2) is 67.2 Å². The van der Waals surface area contributed by atoms with Crippen LogP contribution in [0.15, 0.2) is 42.9 Å². The largest absolute Gasteiger partial charge is 0.470 e. The van der Waals surface area contributed by atoms with E-state index in [0.717, 1.165) is 30.5 Å². The highest BCUT2D eigenvalue weighted by Crippen LogP contribution is 2.41. The van der Waals surface area contributed by atoms with Crippen molar-refractivity contribution in [2.24, 2.45) is 0 Å². The molecule has 1 atom stereocenters. The number of nitrogens with zero attached hydrogens (tertiary/aromatic N) is 6. The van der Waals surface area contributed by atoms with Crippen LogP contribution in [0.3, 0.4) is 0 Å². The molecule has 0 N–H and O–H groups in total. The second kappa shape index (κ2) is 9.63. The van der Waals surface area contributed by atoms with E-state index in [1.165, 1.54) is 6.33 Å². The van der Waals surface area contributed by atoms with Gasteiger partial charge in [0, 0.05) is 37.5 Å². The molecule has 1 aromatic carbocycles. The predicted molar refractivity (Wildman–Crippen MR) is 143 cm³/mol. The van der Waals surface area contributed by atoms with Gasteiger partial charge in [-0.05, 0) is 69.0 Å². The molecule has 4 aromatic rings. The molecule has 2 fully saturated rings. The Balaban J connectivity index is 1.41. The molecule has 1 amide bonds. The predicted octanol–water partition coefficient (Wildman–Crippen LogP) is 4.69. The normalized spacial score (nSPS) is 18.2. The van der Waals surface area contributed by atoms with E-state index < -0.39 is 0 Å². The zero-order chi connectivity index (χ0) is 26.4. The Morgan fingerprint density at radius 3 is 2.74 bits per heavy atom. The Morgan fingerprint density at radius 1 is 1.18 bits per heavy atom. The summed E-state index contributed by atoms with van der Waals surface area (Å²) in [6.07, 6.45) is 6.14. The van der Waals surface area contributed by atoms with Gasteiger partial charge in [-0.1, -0.05) is 11.6 Å². The molecule has 9 nitrogen and oxygen atoms in total. The van der Waals surface area contributed by atoms with E-state index in [-0.39, 0.29) is 17.6 Å². The maximum atomic E-state index is 13.1. The molecule has 1 aliphatic heterocycles. The lowest BCUT2D eigenvalue weighted by molar-refractivity contribution is 0.0724. The molecule has 1 saturated heterocycles. The van der Waals surface area contributed by atoms with Crippen molar-refractivity contribution < 1.29 is 14.3 Å². The van der Waals surface area contributed by atoms with Crippen molar-refractivity contribution in [3.63, 3.8) is 0 Å². The number of amides is 1. The van der Waals surface area contributed by atoms with Crippen molar-refractivity contribution in [3.05, 3.63) is 64.7 Å². The fraction of sp³-hybridized carbons (Fsp3) is 0.393. The summed E-state index contributed by atoms with van der Waals surface area (Å²) in [4.78, 5) is 33.4.